The number of aromatic nitrogens is 3. The lowest BCUT2D eigenvalue weighted by Crippen LogP contribution is -2.32. The molecule has 1 aliphatic heterocycles. The Kier molecular flexibility index (Phi) is 4.17. The van der Waals surface area contributed by atoms with Crippen LogP contribution in [0.5, 0.6) is 0 Å². The van der Waals surface area contributed by atoms with E-state index in [-0.39, 0.29) is 11.3 Å². The minimum Gasteiger partial charge on any atom is -0.343 e. The van der Waals surface area contributed by atoms with Gasteiger partial charge in [-0.05, 0) is 30.2 Å². The third-order valence-corrected chi connectivity index (χ3v) is 5.29. The quantitative estimate of drug-likeness (QED) is 0.651. The third kappa shape index (κ3) is 2.78. The minimum atomic E-state index is -0.412. The van der Waals surface area contributed by atoms with Gasteiger partial charge in [-0.3, -0.25) is 14.6 Å². The van der Waals surface area contributed by atoms with Crippen molar-refractivity contribution >= 4 is 23.4 Å². The van der Waals surface area contributed by atoms with Crippen LogP contribution in [-0.2, 0) is 4.79 Å². The second-order valence-corrected chi connectivity index (χ2v) is 7.33. The summed E-state index contributed by atoms with van der Waals surface area (Å²) in [6.07, 6.45) is 5.54. The first kappa shape index (κ1) is 16.1. The Bertz CT molecular complexity index is 920. The Morgan fingerprint density at radius 3 is 2.96 bits per heavy atom. The van der Waals surface area contributed by atoms with Crippen molar-refractivity contribution in [3.63, 3.8) is 0 Å². The molecule has 2 aliphatic rings. The fourth-order valence-corrected chi connectivity index (χ4v) is 4.12. The average Bonchev–Trinajstić information content (AvgIpc) is 2.61. The first-order chi connectivity index (χ1) is 12.2. The fourth-order valence-electron chi connectivity index (χ4n) is 3.53. The summed E-state index contributed by atoms with van der Waals surface area (Å²) in [5.74, 6) is 1.06. The van der Waals surface area contributed by atoms with Crippen molar-refractivity contribution in [3.8, 4) is 0 Å². The maximum absolute atomic E-state index is 12.8. The van der Waals surface area contributed by atoms with E-state index in [1.165, 1.54) is 11.8 Å². The van der Waals surface area contributed by atoms with Crippen molar-refractivity contribution in [1.29, 1.82) is 0 Å². The number of aromatic amines is 1. The zero-order valence-corrected chi connectivity index (χ0v) is 14.7. The average molecular weight is 354 g/mol. The molecule has 1 aliphatic carbocycles. The van der Waals surface area contributed by atoms with Crippen LogP contribution in [0.4, 0.5) is 5.82 Å². The first-order valence-electron chi connectivity index (χ1n) is 8.39. The summed E-state index contributed by atoms with van der Waals surface area (Å²) >= 11 is 1.49. The van der Waals surface area contributed by atoms with E-state index in [9.17, 15) is 9.59 Å². The topological polar surface area (TPSA) is 87.7 Å². The zero-order chi connectivity index (χ0) is 17.4. The number of rotatable bonds is 3. The smallest absolute Gasteiger partial charge is 0.257 e. The summed E-state index contributed by atoms with van der Waals surface area (Å²) in [7, 11) is 0. The number of ketones is 1. The molecule has 0 saturated carbocycles. The SMILES string of the molecule is CCSc1nc2c(c(=O)[nH]1)C(c1cccnc1)C1=C(CCCC1=O)N2. The van der Waals surface area contributed by atoms with Gasteiger partial charge in [0.25, 0.3) is 5.56 Å². The molecule has 25 heavy (non-hydrogen) atoms. The molecule has 0 saturated heterocycles. The largest absolute Gasteiger partial charge is 0.343 e. The number of allylic oxidation sites excluding steroid dienone is 2. The van der Waals surface area contributed by atoms with E-state index in [1.807, 2.05) is 19.1 Å². The molecule has 2 N–H and O–H groups in total. The number of nitrogens with one attached hydrogen (secondary N) is 2. The van der Waals surface area contributed by atoms with Crippen LogP contribution in [0.25, 0.3) is 0 Å². The Labute approximate surface area is 149 Å². The first-order valence-corrected chi connectivity index (χ1v) is 9.37. The number of thioether (sulfide) groups is 1. The molecule has 1 unspecified atom stereocenters. The van der Waals surface area contributed by atoms with E-state index < -0.39 is 5.92 Å². The number of hydrogen-bond donors (Lipinski definition) is 2. The van der Waals surface area contributed by atoms with E-state index >= 15 is 0 Å². The van der Waals surface area contributed by atoms with E-state index in [0.29, 0.717) is 28.5 Å². The van der Waals surface area contributed by atoms with Crippen LogP contribution in [0.15, 0.2) is 45.7 Å². The molecule has 128 valence electrons. The summed E-state index contributed by atoms with van der Waals surface area (Å²) < 4.78 is 0. The number of carbonyl (C=O) groups excluding carboxylic acids is 1. The van der Waals surface area contributed by atoms with Gasteiger partial charge in [-0.15, -0.1) is 0 Å². The van der Waals surface area contributed by atoms with Gasteiger partial charge in [0.05, 0.1) is 5.56 Å². The lowest BCUT2D eigenvalue weighted by atomic mass is 9.77. The molecule has 0 aromatic carbocycles. The van der Waals surface area contributed by atoms with Crippen LogP contribution in [0.2, 0.25) is 0 Å². The molecule has 2 aromatic heterocycles. The van der Waals surface area contributed by atoms with Gasteiger partial charge in [-0.25, -0.2) is 4.98 Å². The van der Waals surface area contributed by atoms with Crippen molar-refractivity contribution in [2.45, 2.75) is 37.3 Å². The van der Waals surface area contributed by atoms with Crippen LogP contribution in [0, 0.1) is 0 Å². The normalized spacial score (nSPS) is 19.2. The highest BCUT2D eigenvalue weighted by Gasteiger charge is 2.37. The number of anilines is 1. The maximum Gasteiger partial charge on any atom is 0.257 e. The molecule has 0 bridgehead atoms. The predicted molar refractivity (Wildman–Crippen MR) is 96.8 cm³/mol. The van der Waals surface area contributed by atoms with Crippen molar-refractivity contribution in [2.24, 2.45) is 0 Å². The van der Waals surface area contributed by atoms with Crippen molar-refractivity contribution in [1.82, 2.24) is 15.0 Å². The molecule has 6 nitrogen and oxygen atoms in total. The molecule has 2 aromatic rings. The molecule has 7 heteroatoms. The molecule has 0 spiro atoms. The van der Waals surface area contributed by atoms with Crippen molar-refractivity contribution in [3.05, 3.63) is 57.3 Å². The minimum absolute atomic E-state index is 0.0969. The Morgan fingerprint density at radius 1 is 1.32 bits per heavy atom. The van der Waals surface area contributed by atoms with E-state index in [0.717, 1.165) is 29.9 Å². The number of pyridine rings is 1. The molecular weight excluding hydrogens is 336 g/mol. The lowest BCUT2D eigenvalue weighted by molar-refractivity contribution is -0.116. The highest BCUT2D eigenvalue weighted by molar-refractivity contribution is 7.99. The van der Waals surface area contributed by atoms with Crippen molar-refractivity contribution in [2.75, 3.05) is 11.1 Å². The zero-order valence-electron chi connectivity index (χ0n) is 13.8. The number of Topliss-reactive ketones (excluding diaryl/α,β-unsaturated/α-hetero) is 1. The summed E-state index contributed by atoms with van der Waals surface area (Å²) in [5, 5.41) is 3.86. The molecular formula is C18H18N4O2S. The molecule has 0 amide bonds. The molecule has 0 radical (unpaired) electrons. The van der Waals surface area contributed by atoms with Gasteiger partial charge in [0.15, 0.2) is 10.9 Å². The van der Waals surface area contributed by atoms with Gasteiger partial charge in [0.1, 0.15) is 5.82 Å². The molecule has 1 atom stereocenters. The number of carbonyl (C=O) groups is 1. The fraction of sp³-hybridized carbons (Fsp3) is 0.333. The molecule has 4 rings (SSSR count). The van der Waals surface area contributed by atoms with Crippen LogP contribution in [0.1, 0.15) is 43.2 Å². The van der Waals surface area contributed by atoms with Gasteiger partial charge in [0.2, 0.25) is 0 Å². The second-order valence-electron chi connectivity index (χ2n) is 6.08. The van der Waals surface area contributed by atoms with Crippen LogP contribution >= 0.6 is 11.8 Å². The standard InChI is InChI=1S/C18H18N4O2S/c1-2-25-18-21-16-15(17(24)22-18)13(10-5-4-8-19-9-10)14-11(20-16)6-3-7-12(14)23/h4-5,8-9,13H,2-3,6-7H2,1H3,(H2,20,21,22,24). The Balaban J connectivity index is 1.95. The maximum atomic E-state index is 12.8. The monoisotopic (exact) mass is 354 g/mol. The summed E-state index contributed by atoms with van der Waals surface area (Å²) in [6.45, 7) is 2.01. The highest BCUT2D eigenvalue weighted by Crippen LogP contribution is 2.43. The van der Waals surface area contributed by atoms with E-state index in [2.05, 4.69) is 20.3 Å². The summed E-state index contributed by atoms with van der Waals surface area (Å²) in [5.41, 5.74) is 2.73. The highest BCUT2D eigenvalue weighted by atomic mass is 32.2. The van der Waals surface area contributed by atoms with E-state index in [1.54, 1.807) is 12.4 Å². The Morgan fingerprint density at radius 2 is 2.20 bits per heavy atom. The lowest BCUT2D eigenvalue weighted by Gasteiger charge is -2.32. The molecule has 3 heterocycles. The van der Waals surface area contributed by atoms with Gasteiger partial charge < -0.3 is 10.3 Å². The van der Waals surface area contributed by atoms with Gasteiger partial charge >= 0.3 is 0 Å². The van der Waals surface area contributed by atoms with Crippen LogP contribution in [0.3, 0.4) is 0 Å². The van der Waals surface area contributed by atoms with Gasteiger partial charge in [-0.1, -0.05) is 24.8 Å². The Hall–Kier alpha value is -2.41. The van der Waals surface area contributed by atoms with Crippen LogP contribution < -0.4 is 10.9 Å². The number of hydrogen-bond acceptors (Lipinski definition) is 6. The van der Waals surface area contributed by atoms with Crippen molar-refractivity contribution < 1.29 is 4.79 Å². The van der Waals surface area contributed by atoms with E-state index in [4.69, 9.17) is 0 Å². The predicted octanol–water partition coefficient (Wildman–Crippen LogP) is 2.84. The van der Waals surface area contributed by atoms with Gasteiger partial charge in [0, 0.05) is 36.0 Å². The summed E-state index contributed by atoms with van der Waals surface area (Å²) in [4.78, 5) is 37.1. The molecule has 0 fully saturated rings. The number of fused-ring (bicyclic) bond motifs is 1. The second kappa shape index (κ2) is 6.48. The number of H-pyrrole nitrogens is 1. The van der Waals surface area contributed by atoms with Crippen LogP contribution in [-0.4, -0.2) is 26.5 Å². The third-order valence-electron chi connectivity index (χ3n) is 4.54. The van der Waals surface area contributed by atoms with Gasteiger partial charge in [-0.2, -0.15) is 0 Å². The number of nitrogens with zero attached hydrogens (tertiary/aromatic N) is 2. The summed E-state index contributed by atoms with van der Waals surface area (Å²) in [6, 6.07) is 3.74.